The molecule has 0 bridgehead atoms. The summed E-state index contributed by atoms with van der Waals surface area (Å²) in [6.07, 6.45) is 0.264. The first kappa shape index (κ1) is 21.2. The van der Waals surface area contributed by atoms with Crippen LogP contribution in [-0.2, 0) is 10.2 Å². The number of amides is 2. The van der Waals surface area contributed by atoms with Crippen LogP contribution in [0.15, 0.2) is 41.8 Å². The molecule has 0 saturated carbocycles. The number of carbonyl (C=O) groups is 2. The van der Waals surface area contributed by atoms with Gasteiger partial charge in [-0.15, -0.1) is 11.3 Å². The third kappa shape index (κ3) is 6.21. The lowest BCUT2D eigenvalue weighted by atomic mass is 9.87. The number of hydrogen-bond donors (Lipinski definition) is 2. The van der Waals surface area contributed by atoms with E-state index in [1.165, 1.54) is 5.56 Å². The number of nitrogens with one attached hydrogen (secondary N) is 2. The van der Waals surface area contributed by atoms with E-state index < -0.39 is 0 Å². The van der Waals surface area contributed by atoms with E-state index in [-0.39, 0.29) is 29.7 Å². The van der Waals surface area contributed by atoms with Gasteiger partial charge in [-0.2, -0.15) is 0 Å². The van der Waals surface area contributed by atoms with Crippen LogP contribution in [0.2, 0.25) is 0 Å². The van der Waals surface area contributed by atoms with Crippen LogP contribution in [0.25, 0.3) is 0 Å². The van der Waals surface area contributed by atoms with Crippen LogP contribution in [0.4, 0.5) is 0 Å². The molecular weight excluding hydrogens is 356 g/mol. The van der Waals surface area contributed by atoms with Crippen molar-refractivity contribution < 1.29 is 9.59 Å². The lowest BCUT2D eigenvalue weighted by Crippen LogP contribution is -2.34. The van der Waals surface area contributed by atoms with Crippen molar-refractivity contribution in [2.75, 3.05) is 6.54 Å². The molecule has 146 valence electrons. The number of carbonyl (C=O) groups excluding carboxylic acids is 2. The first-order chi connectivity index (χ1) is 12.7. The summed E-state index contributed by atoms with van der Waals surface area (Å²) in [4.78, 5) is 25.7. The molecule has 0 aliphatic carbocycles. The summed E-state index contributed by atoms with van der Waals surface area (Å²) in [6, 6.07) is 11.7. The minimum Gasteiger partial charge on any atom is -0.352 e. The van der Waals surface area contributed by atoms with Gasteiger partial charge in [-0.05, 0) is 40.5 Å². The summed E-state index contributed by atoms with van der Waals surface area (Å²) >= 11 is 1.65. The van der Waals surface area contributed by atoms with E-state index in [2.05, 4.69) is 45.3 Å². The van der Waals surface area contributed by atoms with E-state index in [1.54, 1.807) is 11.3 Å². The van der Waals surface area contributed by atoms with Gasteiger partial charge in [-0.1, -0.05) is 52.8 Å². The highest BCUT2D eigenvalue weighted by atomic mass is 32.1. The van der Waals surface area contributed by atoms with Crippen LogP contribution < -0.4 is 10.6 Å². The molecule has 1 aromatic heterocycles. The molecule has 2 N–H and O–H groups in total. The fourth-order valence-electron chi connectivity index (χ4n) is 2.79. The van der Waals surface area contributed by atoms with Gasteiger partial charge in [0.05, 0.1) is 6.04 Å². The molecule has 0 fully saturated rings. The maximum atomic E-state index is 12.3. The standard InChI is InChI=1S/C22H30N2O2S/c1-15(2)20(18-7-6-14-27-18)24-19(25)12-13-23-21(26)16-8-10-17(11-9-16)22(3,4)5/h6-11,14-15,20H,12-13H2,1-5H3,(H,23,26)(H,24,25)/t20-/m1/s1. The van der Waals surface area contributed by atoms with Crippen molar-refractivity contribution >= 4 is 23.2 Å². The Balaban J connectivity index is 1.83. The van der Waals surface area contributed by atoms with Crippen LogP contribution in [0.3, 0.4) is 0 Å². The van der Waals surface area contributed by atoms with Crippen LogP contribution in [-0.4, -0.2) is 18.4 Å². The lowest BCUT2D eigenvalue weighted by molar-refractivity contribution is -0.122. The maximum Gasteiger partial charge on any atom is 0.251 e. The van der Waals surface area contributed by atoms with Crippen molar-refractivity contribution in [3.05, 3.63) is 57.8 Å². The summed E-state index contributed by atoms with van der Waals surface area (Å²) in [5.41, 5.74) is 1.86. The van der Waals surface area contributed by atoms with Crippen LogP contribution in [0.5, 0.6) is 0 Å². The molecule has 0 aliphatic heterocycles. The summed E-state index contributed by atoms with van der Waals surface area (Å²) < 4.78 is 0. The third-order valence-electron chi connectivity index (χ3n) is 4.48. The van der Waals surface area contributed by atoms with Crippen LogP contribution in [0, 0.1) is 5.92 Å². The zero-order valence-electron chi connectivity index (χ0n) is 16.8. The Bertz CT molecular complexity index is 744. The van der Waals surface area contributed by atoms with Gasteiger partial charge >= 0.3 is 0 Å². The fraction of sp³-hybridized carbons (Fsp3) is 0.455. The smallest absolute Gasteiger partial charge is 0.251 e. The molecule has 2 rings (SSSR count). The average Bonchev–Trinajstić information content (AvgIpc) is 3.13. The Morgan fingerprint density at radius 1 is 1.07 bits per heavy atom. The van der Waals surface area contributed by atoms with Crippen molar-refractivity contribution in [2.24, 2.45) is 5.92 Å². The Morgan fingerprint density at radius 3 is 2.26 bits per heavy atom. The topological polar surface area (TPSA) is 58.2 Å². The molecule has 27 heavy (non-hydrogen) atoms. The molecule has 1 heterocycles. The SMILES string of the molecule is CC(C)[C@@H](NC(=O)CCNC(=O)c1ccc(C(C)(C)C)cc1)c1cccs1. The molecule has 5 heteroatoms. The average molecular weight is 387 g/mol. The van der Waals surface area contributed by atoms with Gasteiger partial charge in [0.15, 0.2) is 0 Å². The van der Waals surface area contributed by atoms with Gasteiger partial charge in [0.2, 0.25) is 5.91 Å². The second kappa shape index (κ2) is 9.18. The first-order valence-electron chi connectivity index (χ1n) is 9.40. The van der Waals surface area contributed by atoms with E-state index in [1.807, 2.05) is 41.8 Å². The van der Waals surface area contributed by atoms with Crippen molar-refractivity contribution in [3.8, 4) is 0 Å². The normalized spacial score (nSPS) is 12.7. The summed E-state index contributed by atoms with van der Waals surface area (Å²) in [5, 5.41) is 7.92. The second-order valence-electron chi connectivity index (χ2n) is 8.14. The van der Waals surface area contributed by atoms with Crippen LogP contribution in [0.1, 0.15) is 67.9 Å². The molecule has 2 amide bonds. The summed E-state index contributed by atoms with van der Waals surface area (Å²) in [7, 11) is 0. The summed E-state index contributed by atoms with van der Waals surface area (Å²) in [6.45, 7) is 10.9. The number of benzene rings is 1. The number of hydrogen-bond acceptors (Lipinski definition) is 3. The highest BCUT2D eigenvalue weighted by molar-refractivity contribution is 7.10. The van der Waals surface area contributed by atoms with E-state index in [0.29, 0.717) is 18.0 Å². The highest BCUT2D eigenvalue weighted by Gasteiger charge is 2.19. The third-order valence-corrected chi connectivity index (χ3v) is 5.44. The van der Waals surface area contributed by atoms with Crippen molar-refractivity contribution in [2.45, 2.75) is 52.5 Å². The molecule has 0 spiro atoms. The number of thiophene rings is 1. The number of rotatable bonds is 7. The molecular formula is C22H30N2O2S. The molecule has 1 atom stereocenters. The van der Waals surface area contributed by atoms with E-state index >= 15 is 0 Å². The zero-order valence-corrected chi connectivity index (χ0v) is 17.7. The van der Waals surface area contributed by atoms with Crippen molar-refractivity contribution in [1.29, 1.82) is 0 Å². The van der Waals surface area contributed by atoms with Gasteiger partial charge in [-0.3, -0.25) is 9.59 Å². The predicted molar refractivity (Wildman–Crippen MR) is 112 cm³/mol. The fourth-order valence-corrected chi connectivity index (χ4v) is 3.74. The van der Waals surface area contributed by atoms with Gasteiger partial charge in [0, 0.05) is 23.4 Å². The van der Waals surface area contributed by atoms with E-state index in [0.717, 1.165) is 4.88 Å². The molecule has 2 aromatic rings. The zero-order chi connectivity index (χ0) is 20.0. The van der Waals surface area contributed by atoms with Crippen LogP contribution >= 0.6 is 11.3 Å². The Hall–Kier alpha value is -2.14. The quantitative estimate of drug-likeness (QED) is 0.726. The predicted octanol–water partition coefficient (Wildman–Crippen LogP) is 4.68. The minimum absolute atomic E-state index is 0.0122. The van der Waals surface area contributed by atoms with E-state index in [4.69, 9.17) is 0 Å². The van der Waals surface area contributed by atoms with Gasteiger partial charge < -0.3 is 10.6 Å². The maximum absolute atomic E-state index is 12.3. The second-order valence-corrected chi connectivity index (χ2v) is 9.12. The Labute approximate surface area is 166 Å². The summed E-state index contributed by atoms with van der Waals surface area (Å²) in [5.74, 6) is 0.107. The minimum atomic E-state index is -0.151. The molecule has 0 aliphatic rings. The molecule has 4 nitrogen and oxygen atoms in total. The lowest BCUT2D eigenvalue weighted by Gasteiger charge is -2.21. The van der Waals surface area contributed by atoms with Crippen molar-refractivity contribution in [3.63, 3.8) is 0 Å². The van der Waals surface area contributed by atoms with Gasteiger partial charge in [0.1, 0.15) is 0 Å². The van der Waals surface area contributed by atoms with Gasteiger partial charge in [-0.25, -0.2) is 0 Å². The Morgan fingerprint density at radius 2 is 1.74 bits per heavy atom. The van der Waals surface area contributed by atoms with E-state index in [9.17, 15) is 9.59 Å². The molecule has 0 saturated heterocycles. The molecule has 0 radical (unpaired) electrons. The molecule has 0 unspecified atom stereocenters. The van der Waals surface area contributed by atoms with Crippen molar-refractivity contribution in [1.82, 2.24) is 10.6 Å². The first-order valence-corrected chi connectivity index (χ1v) is 10.3. The van der Waals surface area contributed by atoms with Gasteiger partial charge in [0.25, 0.3) is 5.91 Å². The highest BCUT2D eigenvalue weighted by Crippen LogP contribution is 2.25. The molecule has 1 aromatic carbocycles. The monoisotopic (exact) mass is 386 g/mol. The Kier molecular flexibility index (Phi) is 7.19. The largest absolute Gasteiger partial charge is 0.352 e.